The lowest BCUT2D eigenvalue weighted by Gasteiger charge is -2.23. The van der Waals surface area contributed by atoms with Gasteiger partial charge in [0.2, 0.25) is 0 Å². The van der Waals surface area contributed by atoms with E-state index in [4.69, 9.17) is 27.9 Å². The number of rotatable bonds is 2. The minimum atomic E-state index is -0.415. The van der Waals surface area contributed by atoms with Gasteiger partial charge >= 0.3 is 6.09 Å². The maximum Gasteiger partial charge on any atom is 0.414 e. The second-order valence-electron chi connectivity index (χ2n) is 4.93. The summed E-state index contributed by atoms with van der Waals surface area (Å²) in [5.74, 6) is 0. The van der Waals surface area contributed by atoms with Crippen LogP contribution in [0.4, 0.5) is 4.79 Å². The first-order valence-electron chi connectivity index (χ1n) is 6.77. The molecule has 2 aromatic carbocycles. The maximum absolute atomic E-state index is 12.2. The van der Waals surface area contributed by atoms with Crippen LogP contribution >= 0.6 is 23.2 Å². The minimum Gasteiger partial charge on any atom is -0.444 e. The van der Waals surface area contributed by atoms with E-state index in [1.807, 2.05) is 30.3 Å². The Kier molecular flexibility index (Phi) is 4.36. The van der Waals surface area contributed by atoms with Crippen molar-refractivity contribution in [3.63, 3.8) is 0 Å². The van der Waals surface area contributed by atoms with E-state index in [9.17, 15) is 4.79 Å². The summed E-state index contributed by atoms with van der Waals surface area (Å²) in [4.78, 5) is 13.7. The molecule has 2 aromatic rings. The highest BCUT2D eigenvalue weighted by Crippen LogP contribution is 2.23. The molecule has 0 radical (unpaired) electrons. The van der Waals surface area contributed by atoms with Gasteiger partial charge in [0, 0.05) is 21.8 Å². The van der Waals surface area contributed by atoms with Gasteiger partial charge < -0.3 is 4.74 Å². The Morgan fingerprint density at radius 2 is 2.00 bits per heavy atom. The van der Waals surface area contributed by atoms with E-state index >= 15 is 0 Å². The molecule has 1 heterocycles. The Labute approximate surface area is 138 Å². The Balaban J connectivity index is 1.65. The maximum atomic E-state index is 12.2. The molecule has 0 aromatic heterocycles. The Hall–Kier alpha value is -1.97. The van der Waals surface area contributed by atoms with Gasteiger partial charge in [0.25, 0.3) is 0 Å². The zero-order chi connectivity index (χ0) is 15.5. The number of carbonyl (C=O) groups excluding carboxylic acids is 1. The number of benzene rings is 2. The molecule has 112 valence electrons. The second-order valence-corrected chi connectivity index (χ2v) is 5.78. The third-order valence-corrected chi connectivity index (χ3v) is 4.03. The summed E-state index contributed by atoms with van der Waals surface area (Å²) in [6.45, 7) is 0.582. The third-order valence-electron chi connectivity index (χ3n) is 3.42. The van der Waals surface area contributed by atoms with Gasteiger partial charge in [0.1, 0.15) is 6.61 Å². The van der Waals surface area contributed by atoms with Crippen molar-refractivity contribution in [1.29, 1.82) is 0 Å². The van der Waals surface area contributed by atoms with E-state index in [2.05, 4.69) is 0 Å². The van der Waals surface area contributed by atoms with Crippen LogP contribution in [0.3, 0.4) is 0 Å². The van der Waals surface area contributed by atoms with Crippen LogP contribution < -0.4 is 0 Å². The number of ether oxygens (including phenoxy) is 1. The fourth-order valence-electron chi connectivity index (χ4n) is 2.25. The molecule has 0 fully saturated rings. The standard InChI is InChI=1S/C17H13Cl2NO2/c18-15-5-6-16(19)14(9-15)11-22-17(21)20-8-7-12-3-1-2-4-13(12)10-20/h1-9H,10-11H2. The molecule has 3 nitrogen and oxygen atoms in total. The van der Waals surface area contributed by atoms with Gasteiger partial charge in [0.15, 0.2) is 0 Å². The zero-order valence-corrected chi connectivity index (χ0v) is 13.1. The molecular formula is C17H13Cl2NO2. The summed E-state index contributed by atoms with van der Waals surface area (Å²) in [5.41, 5.74) is 2.89. The molecule has 3 rings (SSSR count). The van der Waals surface area contributed by atoms with Crippen molar-refractivity contribution in [2.75, 3.05) is 0 Å². The highest BCUT2D eigenvalue weighted by molar-refractivity contribution is 6.33. The molecule has 0 spiro atoms. The fraction of sp³-hybridized carbons (Fsp3) is 0.118. The molecule has 0 saturated carbocycles. The molecule has 1 amide bonds. The number of amides is 1. The summed E-state index contributed by atoms with van der Waals surface area (Å²) in [7, 11) is 0. The topological polar surface area (TPSA) is 29.5 Å². The van der Waals surface area contributed by atoms with Crippen LogP contribution in [-0.2, 0) is 17.9 Å². The van der Waals surface area contributed by atoms with Gasteiger partial charge in [-0.25, -0.2) is 4.79 Å². The van der Waals surface area contributed by atoms with Crippen LogP contribution in [0.15, 0.2) is 48.7 Å². The van der Waals surface area contributed by atoms with Gasteiger partial charge in [-0.3, -0.25) is 4.90 Å². The summed E-state index contributed by atoms with van der Waals surface area (Å²) < 4.78 is 5.31. The molecule has 0 atom stereocenters. The van der Waals surface area contributed by atoms with E-state index < -0.39 is 6.09 Å². The summed E-state index contributed by atoms with van der Waals surface area (Å²) in [6.07, 6.45) is 3.21. The van der Waals surface area contributed by atoms with Gasteiger partial charge in [-0.05, 0) is 35.4 Å². The Bertz CT molecular complexity index is 743. The van der Waals surface area contributed by atoms with E-state index in [0.717, 1.165) is 11.1 Å². The van der Waals surface area contributed by atoms with Gasteiger partial charge in [-0.15, -0.1) is 0 Å². The highest BCUT2D eigenvalue weighted by Gasteiger charge is 2.18. The van der Waals surface area contributed by atoms with Crippen molar-refractivity contribution >= 4 is 35.4 Å². The number of hydrogen-bond acceptors (Lipinski definition) is 2. The van der Waals surface area contributed by atoms with E-state index in [-0.39, 0.29) is 6.61 Å². The first kappa shape index (κ1) is 14.9. The largest absolute Gasteiger partial charge is 0.444 e. The first-order chi connectivity index (χ1) is 10.6. The predicted molar refractivity (Wildman–Crippen MR) is 87.7 cm³/mol. The molecule has 0 saturated heterocycles. The van der Waals surface area contributed by atoms with E-state index in [0.29, 0.717) is 22.2 Å². The van der Waals surface area contributed by atoms with Crippen molar-refractivity contribution in [2.45, 2.75) is 13.2 Å². The molecule has 5 heteroatoms. The van der Waals surface area contributed by atoms with Crippen LogP contribution in [0.25, 0.3) is 6.08 Å². The Morgan fingerprint density at radius 3 is 2.86 bits per heavy atom. The molecule has 0 aliphatic carbocycles. The van der Waals surface area contributed by atoms with E-state index in [1.165, 1.54) is 4.90 Å². The molecule has 0 unspecified atom stereocenters. The van der Waals surface area contributed by atoms with Crippen LogP contribution in [0, 0.1) is 0 Å². The van der Waals surface area contributed by atoms with Gasteiger partial charge in [0.05, 0.1) is 6.54 Å². The third kappa shape index (κ3) is 3.26. The lowest BCUT2D eigenvalue weighted by molar-refractivity contribution is 0.109. The van der Waals surface area contributed by atoms with Crippen molar-refractivity contribution in [1.82, 2.24) is 4.90 Å². The number of hydrogen-bond donors (Lipinski definition) is 0. The first-order valence-corrected chi connectivity index (χ1v) is 7.52. The second kappa shape index (κ2) is 6.42. The summed E-state index contributed by atoms with van der Waals surface area (Å²) in [6, 6.07) is 13.0. The average Bonchev–Trinajstić information content (AvgIpc) is 2.55. The average molecular weight is 334 g/mol. The monoisotopic (exact) mass is 333 g/mol. The molecular weight excluding hydrogens is 321 g/mol. The normalized spacial score (nSPS) is 12.9. The SMILES string of the molecule is O=C(OCc1cc(Cl)ccc1Cl)N1C=Cc2ccccc2C1. The van der Waals surface area contributed by atoms with Crippen molar-refractivity contribution < 1.29 is 9.53 Å². The van der Waals surface area contributed by atoms with Crippen LogP contribution in [-0.4, -0.2) is 11.0 Å². The predicted octanol–water partition coefficient (Wildman–Crippen LogP) is 5.12. The van der Waals surface area contributed by atoms with Crippen molar-refractivity contribution in [3.05, 3.63) is 75.4 Å². The molecule has 0 N–H and O–H groups in total. The minimum absolute atomic E-state index is 0.0875. The smallest absolute Gasteiger partial charge is 0.414 e. The zero-order valence-electron chi connectivity index (χ0n) is 11.6. The quantitative estimate of drug-likeness (QED) is 0.763. The van der Waals surface area contributed by atoms with Crippen LogP contribution in [0.1, 0.15) is 16.7 Å². The number of fused-ring (bicyclic) bond motifs is 1. The number of carbonyl (C=O) groups is 1. The lowest BCUT2D eigenvalue weighted by Crippen LogP contribution is -2.28. The fourth-order valence-corrected chi connectivity index (χ4v) is 2.62. The summed E-state index contributed by atoms with van der Waals surface area (Å²) >= 11 is 12.0. The molecule has 1 aliphatic heterocycles. The lowest BCUT2D eigenvalue weighted by atomic mass is 10.1. The molecule has 1 aliphatic rings. The van der Waals surface area contributed by atoms with Gasteiger partial charge in [-0.2, -0.15) is 0 Å². The molecule has 22 heavy (non-hydrogen) atoms. The van der Waals surface area contributed by atoms with Gasteiger partial charge in [-0.1, -0.05) is 47.5 Å². The van der Waals surface area contributed by atoms with Crippen LogP contribution in [0.2, 0.25) is 10.0 Å². The van der Waals surface area contributed by atoms with Crippen molar-refractivity contribution in [3.8, 4) is 0 Å². The molecule has 0 bridgehead atoms. The highest BCUT2D eigenvalue weighted by atomic mass is 35.5. The summed E-state index contributed by atoms with van der Waals surface area (Å²) in [5, 5.41) is 1.08. The number of halogens is 2. The van der Waals surface area contributed by atoms with E-state index in [1.54, 1.807) is 24.4 Å². The number of nitrogens with zero attached hydrogens (tertiary/aromatic N) is 1. The Morgan fingerprint density at radius 1 is 1.18 bits per heavy atom. The van der Waals surface area contributed by atoms with Crippen LogP contribution in [0.5, 0.6) is 0 Å². The van der Waals surface area contributed by atoms with Crippen molar-refractivity contribution in [2.24, 2.45) is 0 Å².